The van der Waals surface area contributed by atoms with Crippen LogP contribution >= 0.6 is 0 Å². The molecular weight excluding hydrogens is 508 g/mol. The van der Waals surface area contributed by atoms with E-state index in [1.165, 1.54) is 21.3 Å². The Bertz CT molecular complexity index is 1130. The van der Waals surface area contributed by atoms with E-state index in [2.05, 4.69) is 10.6 Å². The summed E-state index contributed by atoms with van der Waals surface area (Å²) < 4.78 is 6.14. The lowest BCUT2D eigenvalue weighted by Crippen LogP contribution is -2.39. The van der Waals surface area contributed by atoms with Crippen LogP contribution in [-0.4, -0.2) is 44.4 Å². The van der Waals surface area contributed by atoms with E-state index < -0.39 is 0 Å². The maximum Gasteiger partial charge on any atom is 0.330 e. The van der Waals surface area contributed by atoms with Gasteiger partial charge in [0.1, 0.15) is 0 Å². The smallest absolute Gasteiger partial charge is 0.317 e. The highest BCUT2D eigenvalue weighted by molar-refractivity contribution is 4.87. The molecule has 0 aliphatic carbocycles. The summed E-state index contributed by atoms with van der Waals surface area (Å²) in [5.74, 6) is 0. The van der Waals surface area contributed by atoms with Gasteiger partial charge >= 0.3 is 11.4 Å². The van der Waals surface area contributed by atoms with Gasteiger partial charge in [0.25, 0.3) is 11.1 Å². The molecule has 1 aliphatic heterocycles. The number of fused-ring (bicyclic) bond motifs is 4. The van der Waals surface area contributed by atoms with Crippen LogP contribution in [0.1, 0.15) is 89.9 Å². The van der Waals surface area contributed by atoms with Crippen molar-refractivity contribution in [1.29, 1.82) is 0 Å². The normalized spacial score (nSPS) is 19.0. The van der Waals surface area contributed by atoms with Crippen LogP contribution in [0.5, 0.6) is 0 Å². The summed E-state index contributed by atoms with van der Waals surface area (Å²) in [4.78, 5) is 50.1. The first-order valence-electron chi connectivity index (χ1n) is 15.6. The first kappa shape index (κ1) is 31.8. The van der Waals surface area contributed by atoms with Crippen LogP contribution in [-0.2, 0) is 26.2 Å². The van der Waals surface area contributed by atoms with Crippen molar-refractivity contribution in [2.45, 2.75) is 116 Å². The van der Waals surface area contributed by atoms with E-state index >= 15 is 0 Å². The second-order valence-electron chi connectivity index (χ2n) is 11.0. The van der Waals surface area contributed by atoms with Crippen LogP contribution < -0.4 is 33.1 Å². The average Bonchev–Trinajstić information content (AvgIpc) is 2.94. The number of nitrogens with zero attached hydrogens (tertiary/aromatic N) is 4. The monoisotopic (exact) mass is 558 g/mol. The topological polar surface area (TPSA) is 112 Å². The highest BCUT2D eigenvalue weighted by atomic mass is 16.2. The van der Waals surface area contributed by atoms with Crippen LogP contribution in [0, 0.1) is 0 Å². The molecule has 10 heteroatoms. The van der Waals surface area contributed by atoms with Gasteiger partial charge in [-0.05, 0) is 77.5 Å². The first-order valence-corrected chi connectivity index (χ1v) is 15.6. The van der Waals surface area contributed by atoms with E-state index in [1.807, 2.05) is 0 Å². The Hall–Kier alpha value is -2.72. The second-order valence-corrected chi connectivity index (χ2v) is 11.0. The number of rotatable bonds is 0. The van der Waals surface area contributed by atoms with Crippen LogP contribution in [0.15, 0.2) is 43.7 Å². The summed E-state index contributed by atoms with van der Waals surface area (Å²) >= 11 is 0. The summed E-state index contributed by atoms with van der Waals surface area (Å²) in [5.41, 5.74) is -0.782. The summed E-state index contributed by atoms with van der Waals surface area (Å²) in [6.07, 6.45) is 17.2. The lowest BCUT2D eigenvalue weighted by Gasteiger charge is -2.11. The van der Waals surface area contributed by atoms with Crippen LogP contribution in [0.3, 0.4) is 0 Å². The summed E-state index contributed by atoms with van der Waals surface area (Å²) in [7, 11) is 0. The summed E-state index contributed by atoms with van der Waals surface area (Å²) in [5, 5.41) is 6.97. The van der Waals surface area contributed by atoms with Gasteiger partial charge in [-0.25, -0.2) is 9.59 Å². The molecule has 0 saturated heterocycles. The standard InChI is InChI=1S/C30H50N6O4/c37-27-15-25-33-21-11-3-1-7-17-32-20-10-6-14-24-36-28(38)16-26-34(30(36)40)22-12-5-9-19-31-18-8-2-4-13-23-35(27)29(33)39/h15-16,25-26,31-32H,1-14,17-24H2. The van der Waals surface area contributed by atoms with Crippen LogP contribution in [0.2, 0.25) is 0 Å². The van der Waals surface area contributed by atoms with Gasteiger partial charge in [0.2, 0.25) is 0 Å². The quantitative estimate of drug-likeness (QED) is 0.514. The molecule has 0 radical (unpaired) electrons. The van der Waals surface area contributed by atoms with Gasteiger partial charge in [0, 0.05) is 50.7 Å². The Morgan fingerprint density at radius 3 is 1.15 bits per heavy atom. The lowest BCUT2D eigenvalue weighted by molar-refractivity contribution is 0.478. The first-order chi connectivity index (χ1) is 19.6. The molecule has 3 heterocycles. The Morgan fingerprint density at radius 1 is 0.425 bits per heavy atom. The molecule has 0 aromatic carbocycles. The highest BCUT2D eigenvalue weighted by Gasteiger charge is 2.07. The number of aryl methyl sites for hydroxylation is 2. The minimum atomic E-state index is -0.207. The van der Waals surface area contributed by atoms with Crippen molar-refractivity contribution in [3.05, 3.63) is 66.2 Å². The molecule has 224 valence electrons. The molecule has 0 amide bonds. The minimum absolute atomic E-state index is 0.183. The maximum absolute atomic E-state index is 12.8. The van der Waals surface area contributed by atoms with E-state index in [9.17, 15) is 19.2 Å². The Balaban J connectivity index is 1.48. The molecule has 0 fully saturated rings. The lowest BCUT2D eigenvalue weighted by atomic mass is 10.2. The van der Waals surface area contributed by atoms with Crippen molar-refractivity contribution in [1.82, 2.24) is 28.9 Å². The van der Waals surface area contributed by atoms with Gasteiger partial charge in [-0.3, -0.25) is 18.7 Å². The molecule has 0 spiro atoms. The van der Waals surface area contributed by atoms with E-state index in [-0.39, 0.29) is 22.5 Å². The Kier molecular flexibility index (Phi) is 14.8. The van der Waals surface area contributed by atoms with Gasteiger partial charge in [-0.2, -0.15) is 0 Å². The Labute approximate surface area is 237 Å². The number of hydrogen-bond acceptors (Lipinski definition) is 6. The van der Waals surface area contributed by atoms with Gasteiger partial charge in [-0.15, -0.1) is 0 Å². The van der Waals surface area contributed by atoms with Gasteiger partial charge in [0.15, 0.2) is 0 Å². The average molecular weight is 559 g/mol. The van der Waals surface area contributed by atoms with Crippen molar-refractivity contribution < 1.29 is 0 Å². The second kappa shape index (κ2) is 18.6. The molecule has 1 aliphatic rings. The molecule has 0 saturated carbocycles. The number of aromatic nitrogens is 4. The molecule has 10 nitrogen and oxygen atoms in total. The predicted molar refractivity (Wildman–Crippen MR) is 160 cm³/mol. The molecule has 0 atom stereocenters. The molecule has 3 rings (SSSR count). The fourth-order valence-electron chi connectivity index (χ4n) is 5.28. The highest BCUT2D eigenvalue weighted by Crippen LogP contribution is 2.03. The maximum atomic E-state index is 12.8. The fourth-order valence-corrected chi connectivity index (χ4v) is 5.28. The van der Waals surface area contributed by atoms with Crippen LogP contribution in [0.25, 0.3) is 0 Å². The SMILES string of the molecule is O=c1ccn2c(=O)n1CCCCCCNCCCCCn1ccc(=O)n(c1=O)CCCCCNCCCCCC2. The van der Waals surface area contributed by atoms with Crippen molar-refractivity contribution in [3.63, 3.8) is 0 Å². The third-order valence-electron chi connectivity index (χ3n) is 7.76. The molecule has 0 unspecified atom stereocenters. The number of hydrogen-bond donors (Lipinski definition) is 2. The third-order valence-corrected chi connectivity index (χ3v) is 7.76. The van der Waals surface area contributed by atoms with Gasteiger partial charge in [0.05, 0.1) is 0 Å². The van der Waals surface area contributed by atoms with Crippen molar-refractivity contribution >= 4 is 0 Å². The van der Waals surface area contributed by atoms with Crippen LogP contribution in [0.4, 0.5) is 0 Å². The minimum Gasteiger partial charge on any atom is -0.317 e. The summed E-state index contributed by atoms with van der Waals surface area (Å²) in [6, 6.07) is 3.03. The molecule has 40 heavy (non-hydrogen) atoms. The van der Waals surface area contributed by atoms with Crippen molar-refractivity contribution in [2.24, 2.45) is 0 Å². The largest absolute Gasteiger partial charge is 0.330 e. The van der Waals surface area contributed by atoms with E-state index in [0.717, 1.165) is 116 Å². The molecule has 2 aromatic rings. The summed E-state index contributed by atoms with van der Waals surface area (Å²) in [6.45, 7) is 6.04. The molecular formula is C30H50N6O4. The molecule has 4 bridgehead atoms. The third kappa shape index (κ3) is 11.0. The zero-order chi connectivity index (χ0) is 28.4. The predicted octanol–water partition coefficient (Wildman–Crippen LogP) is 2.69. The fraction of sp³-hybridized carbons (Fsp3) is 0.733. The van der Waals surface area contributed by atoms with Gasteiger partial charge < -0.3 is 19.8 Å². The Morgan fingerprint density at radius 2 is 0.750 bits per heavy atom. The van der Waals surface area contributed by atoms with E-state index in [1.54, 1.807) is 21.5 Å². The molecule has 2 aromatic heterocycles. The van der Waals surface area contributed by atoms with E-state index in [0.29, 0.717) is 26.2 Å². The zero-order valence-electron chi connectivity index (χ0n) is 24.3. The van der Waals surface area contributed by atoms with Crippen molar-refractivity contribution in [3.8, 4) is 0 Å². The zero-order valence-corrected chi connectivity index (χ0v) is 24.3. The number of nitrogens with one attached hydrogen (secondary N) is 2. The van der Waals surface area contributed by atoms with Crippen molar-refractivity contribution in [2.75, 3.05) is 26.2 Å². The molecule has 2 N–H and O–H groups in total. The van der Waals surface area contributed by atoms with E-state index in [4.69, 9.17) is 0 Å². The van der Waals surface area contributed by atoms with Gasteiger partial charge in [-0.1, -0.05) is 38.5 Å².